The Kier molecular flexibility index (Phi) is 4.00. The number of carbonyl (C=O) groups excluding carboxylic acids is 1. The van der Waals surface area contributed by atoms with Gasteiger partial charge in [0.25, 0.3) is 0 Å². The largest absolute Gasteiger partial charge is 0.355 e. The molecule has 0 bridgehead atoms. The van der Waals surface area contributed by atoms with Crippen LogP contribution in [0.5, 0.6) is 0 Å². The van der Waals surface area contributed by atoms with Gasteiger partial charge in [-0.15, -0.1) is 0 Å². The monoisotopic (exact) mass is 258 g/mol. The number of carbonyl (C=O) groups is 1. The lowest BCUT2D eigenvalue weighted by Crippen LogP contribution is -2.02. The Hall–Kier alpha value is -1.80. The number of rotatable bonds is 4. The lowest BCUT2D eigenvalue weighted by atomic mass is 10.1. The average molecular weight is 259 g/mol. The van der Waals surface area contributed by atoms with Gasteiger partial charge in [-0.1, -0.05) is 29.8 Å². The van der Waals surface area contributed by atoms with E-state index in [1.54, 1.807) is 18.2 Å². The van der Waals surface area contributed by atoms with Crippen molar-refractivity contribution in [2.75, 3.05) is 5.32 Å². The third-order valence-corrected chi connectivity index (χ3v) is 2.80. The fourth-order valence-electron chi connectivity index (χ4n) is 1.67. The Balaban J connectivity index is 2.36. The van der Waals surface area contributed by atoms with Crippen molar-refractivity contribution < 1.29 is 4.79 Å². The maximum absolute atomic E-state index is 11.8. The number of benzene rings is 2. The predicted octanol–water partition coefficient (Wildman–Crippen LogP) is 4.49. The number of anilines is 2. The molecule has 2 nitrogen and oxygen atoms in total. The minimum atomic E-state index is -0.00917. The highest BCUT2D eigenvalue weighted by atomic mass is 35.5. The van der Waals surface area contributed by atoms with E-state index < -0.39 is 0 Å². The summed E-state index contributed by atoms with van der Waals surface area (Å²) < 4.78 is 0. The van der Waals surface area contributed by atoms with Gasteiger partial charge in [0.05, 0.1) is 5.69 Å². The SMILES string of the molecule is [CH2]CC(=O)c1ccc(Cl)cc1Nc1ccccc1. The van der Waals surface area contributed by atoms with Crippen molar-refractivity contribution in [2.45, 2.75) is 6.42 Å². The van der Waals surface area contributed by atoms with Crippen molar-refractivity contribution in [1.29, 1.82) is 0 Å². The van der Waals surface area contributed by atoms with Gasteiger partial charge in [-0.2, -0.15) is 0 Å². The van der Waals surface area contributed by atoms with Gasteiger partial charge >= 0.3 is 0 Å². The first-order chi connectivity index (χ1) is 8.70. The summed E-state index contributed by atoms with van der Waals surface area (Å²) in [6, 6.07) is 14.8. The quantitative estimate of drug-likeness (QED) is 0.819. The van der Waals surface area contributed by atoms with Gasteiger partial charge in [-0.25, -0.2) is 0 Å². The van der Waals surface area contributed by atoms with Gasteiger partial charge < -0.3 is 5.32 Å². The van der Waals surface area contributed by atoms with E-state index in [2.05, 4.69) is 12.2 Å². The minimum absolute atomic E-state index is 0.00917. The lowest BCUT2D eigenvalue weighted by Gasteiger charge is -2.11. The van der Waals surface area contributed by atoms with Gasteiger partial charge in [-0.3, -0.25) is 4.79 Å². The maximum Gasteiger partial charge on any atom is 0.164 e. The van der Waals surface area contributed by atoms with E-state index in [1.807, 2.05) is 30.3 Å². The molecule has 0 amide bonds. The second kappa shape index (κ2) is 5.69. The first-order valence-electron chi connectivity index (χ1n) is 5.65. The van der Waals surface area contributed by atoms with Gasteiger partial charge in [0, 0.05) is 22.7 Å². The van der Waals surface area contributed by atoms with Crippen LogP contribution in [-0.4, -0.2) is 5.78 Å². The molecule has 3 heteroatoms. The summed E-state index contributed by atoms with van der Waals surface area (Å²) in [5.41, 5.74) is 2.23. The third-order valence-electron chi connectivity index (χ3n) is 2.56. The van der Waals surface area contributed by atoms with E-state index in [-0.39, 0.29) is 12.2 Å². The summed E-state index contributed by atoms with van der Waals surface area (Å²) in [4.78, 5) is 11.8. The highest BCUT2D eigenvalue weighted by Crippen LogP contribution is 2.25. The van der Waals surface area contributed by atoms with Gasteiger partial charge in [0.15, 0.2) is 5.78 Å². The number of para-hydroxylation sites is 1. The van der Waals surface area contributed by atoms with E-state index >= 15 is 0 Å². The van der Waals surface area contributed by atoms with Crippen LogP contribution in [-0.2, 0) is 0 Å². The molecule has 0 spiro atoms. The molecule has 18 heavy (non-hydrogen) atoms. The molecule has 0 saturated carbocycles. The molecule has 0 heterocycles. The van der Waals surface area contributed by atoms with Crippen LogP contribution in [0.4, 0.5) is 11.4 Å². The van der Waals surface area contributed by atoms with E-state index in [0.717, 1.165) is 5.69 Å². The molecule has 0 atom stereocenters. The third kappa shape index (κ3) is 2.90. The predicted molar refractivity (Wildman–Crippen MR) is 75.5 cm³/mol. The molecule has 0 aliphatic heterocycles. The molecule has 0 aliphatic rings. The van der Waals surface area contributed by atoms with Crippen molar-refractivity contribution in [3.8, 4) is 0 Å². The van der Waals surface area contributed by atoms with E-state index in [4.69, 9.17) is 11.6 Å². The van der Waals surface area contributed by atoms with E-state index in [9.17, 15) is 4.79 Å². The summed E-state index contributed by atoms with van der Waals surface area (Å²) in [5, 5.41) is 3.79. The topological polar surface area (TPSA) is 29.1 Å². The highest BCUT2D eigenvalue weighted by molar-refractivity contribution is 6.31. The molecular formula is C15H13ClNO. The van der Waals surface area contributed by atoms with Crippen molar-refractivity contribution in [3.05, 3.63) is 66.0 Å². The summed E-state index contributed by atoms with van der Waals surface area (Å²) in [6.07, 6.45) is 0.227. The Morgan fingerprint density at radius 3 is 2.56 bits per heavy atom. The van der Waals surface area contributed by atoms with Crippen LogP contribution in [0.15, 0.2) is 48.5 Å². The first-order valence-corrected chi connectivity index (χ1v) is 6.02. The number of halogens is 1. The van der Waals surface area contributed by atoms with Crippen LogP contribution >= 0.6 is 11.6 Å². The second-order valence-corrected chi connectivity index (χ2v) is 4.29. The fourth-order valence-corrected chi connectivity index (χ4v) is 1.85. The number of hydrogen-bond donors (Lipinski definition) is 1. The number of nitrogens with one attached hydrogen (secondary N) is 1. The minimum Gasteiger partial charge on any atom is -0.355 e. The summed E-state index contributed by atoms with van der Waals surface area (Å²) >= 11 is 5.96. The van der Waals surface area contributed by atoms with Crippen LogP contribution in [0.3, 0.4) is 0 Å². The molecule has 1 N–H and O–H groups in total. The normalized spacial score (nSPS) is 10.1. The summed E-state index contributed by atoms with van der Waals surface area (Å²) in [5.74, 6) is -0.00917. The van der Waals surface area contributed by atoms with Crippen molar-refractivity contribution in [2.24, 2.45) is 0 Å². The van der Waals surface area contributed by atoms with Crippen LogP contribution in [0.25, 0.3) is 0 Å². The Labute approximate surface area is 112 Å². The molecule has 0 fully saturated rings. The van der Waals surface area contributed by atoms with Gasteiger partial charge in [0.1, 0.15) is 0 Å². The Bertz CT molecular complexity index is 552. The van der Waals surface area contributed by atoms with Crippen LogP contribution in [0.1, 0.15) is 16.8 Å². The molecule has 0 aliphatic carbocycles. The number of Topliss-reactive ketones (excluding diaryl/α,β-unsaturated/α-hetero) is 1. The van der Waals surface area contributed by atoms with E-state index in [0.29, 0.717) is 16.3 Å². The lowest BCUT2D eigenvalue weighted by molar-refractivity contribution is 0.0996. The zero-order chi connectivity index (χ0) is 13.0. The Morgan fingerprint density at radius 1 is 1.17 bits per heavy atom. The summed E-state index contributed by atoms with van der Waals surface area (Å²) in [6.45, 7) is 3.62. The smallest absolute Gasteiger partial charge is 0.164 e. The zero-order valence-electron chi connectivity index (χ0n) is 9.82. The summed E-state index contributed by atoms with van der Waals surface area (Å²) in [7, 11) is 0. The Morgan fingerprint density at radius 2 is 1.89 bits per heavy atom. The molecular weight excluding hydrogens is 246 g/mol. The molecule has 2 aromatic carbocycles. The zero-order valence-corrected chi connectivity index (χ0v) is 10.6. The van der Waals surface area contributed by atoms with Gasteiger partial charge in [-0.05, 0) is 37.3 Å². The van der Waals surface area contributed by atoms with Crippen LogP contribution < -0.4 is 5.32 Å². The fraction of sp³-hybridized carbons (Fsp3) is 0.0667. The van der Waals surface area contributed by atoms with Crippen molar-refractivity contribution >= 4 is 28.8 Å². The van der Waals surface area contributed by atoms with Crippen LogP contribution in [0.2, 0.25) is 5.02 Å². The highest BCUT2D eigenvalue weighted by Gasteiger charge is 2.10. The molecule has 2 aromatic rings. The molecule has 0 unspecified atom stereocenters. The standard InChI is InChI=1S/C15H13ClNO/c1-2-15(18)13-9-8-11(16)10-14(13)17-12-6-4-3-5-7-12/h3-10,17H,1-2H2. The molecule has 1 radical (unpaired) electrons. The molecule has 0 saturated heterocycles. The average Bonchev–Trinajstić information content (AvgIpc) is 2.39. The van der Waals surface area contributed by atoms with Crippen molar-refractivity contribution in [1.82, 2.24) is 0 Å². The number of hydrogen-bond acceptors (Lipinski definition) is 2. The first kappa shape index (κ1) is 12.7. The van der Waals surface area contributed by atoms with Gasteiger partial charge in [0.2, 0.25) is 0 Å². The molecule has 0 aromatic heterocycles. The van der Waals surface area contributed by atoms with Crippen LogP contribution in [0, 0.1) is 6.92 Å². The maximum atomic E-state index is 11.8. The van der Waals surface area contributed by atoms with Crippen molar-refractivity contribution in [3.63, 3.8) is 0 Å². The molecule has 2 rings (SSSR count). The molecule has 91 valence electrons. The van der Waals surface area contributed by atoms with E-state index in [1.165, 1.54) is 0 Å². The number of ketones is 1. The second-order valence-electron chi connectivity index (χ2n) is 3.85.